The summed E-state index contributed by atoms with van der Waals surface area (Å²) in [6.07, 6.45) is 3.22. The molecule has 0 radical (unpaired) electrons. The van der Waals surface area contributed by atoms with Gasteiger partial charge in [0.2, 0.25) is 5.76 Å². The lowest BCUT2D eigenvalue weighted by molar-refractivity contribution is -0.141. The first-order chi connectivity index (χ1) is 8.79. The fourth-order valence-electron chi connectivity index (χ4n) is 2.11. The van der Waals surface area contributed by atoms with Crippen molar-refractivity contribution in [2.75, 3.05) is 13.7 Å². The van der Waals surface area contributed by atoms with E-state index in [1.54, 1.807) is 6.08 Å². The number of rotatable bonds is 1. The second-order valence-corrected chi connectivity index (χ2v) is 4.09. The third-order valence-electron chi connectivity index (χ3n) is 3.01. The van der Waals surface area contributed by atoms with Crippen LogP contribution < -0.4 is 4.74 Å². The maximum absolute atomic E-state index is 11.5. The largest absolute Gasteiger partial charge is 0.489 e. The van der Waals surface area contributed by atoms with E-state index in [2.05, 4.69) is 4.74 Å². The average Bonchev–Trinajstić information content (AvgIpc) is 2.45. The van der Waals surface area contributed by atoms with E-state index in [9.17, 15) is 4.79 Å². The zero-order valence-corrected chi connectivity index (χ0v) is 9.88. The van der Waals surface area contributed by atoms with Gasteiger partial charge in [-0.2, -0.15) is 0 Å². The fourth-order valence-corrected chi connectivity index (χ4v) is 2.11. The van der Waals surface area contributed by atoms with Crippen LogP contribution in [0.25, 0.3) is 0 Å². The normalized spacial score (nSPS) is 20.4. The number of ether oxygens (including phenoxy) is 3. The van der Waals surface area contributed by atoms with Gasteiger partial charge in [0.05, 0.1) is 7.11 Å². The van der Waals surface area contributed by atoms with Gasteiger partial charge in [0.1, 0.15) is 12.4 Å². The number of hydrogen-bond donors (Lipinski definition) is 0. The zero-order valence-electron chi connectivity index (χ0n) is 9.88. The van der Waals surface area contributed by atoms with Crippen molar-refractivity contribution in [3.05, 3.63) is 53.3 Å². The number of hydrogen-bond acceptors (Lipinski definition) is 4. The summed E-state index contributed by atoms with van der Waals surface area (Å²) in [6.45, 7) is 0.479. The number of benzene rings is 1. The van der Waals surface area contributed by atoms with Crippen molar-refractivity contribution < 1.29 is 19.0 Å². The molecule has 2 aliphatic heterocycles. The average molecular weight is 244 g/mol. The first kappa shape index (κ1) is 10.9. The van der Waals surface area contributed by atoms with Gasteiger partial charge >= 0.3 is 5.97 Å². The minimum absolute atomic E-state index is 0.225. The van der Waals surface area contributed by atoms with E-state index < -0.39 is 5.97 Å². The summed E-state index contributed by atoms with van der Waals surface area (Å²) in [5.41, 5.74) is 1.94. The van der Waals surface area contributed by atoms with Gasteiger partial charge in [0.15, 0.2) is 6.10 Å². The number of allylic oxidation sites excluding steroid dienone is 2. The van der Waals surface area contributed by atoms with Crippen molar-refractivity contribution in [2.45, 2.75) is 6.10 Å². The van der Waals surface area contributed by atoms with Gasteiger partial charge in [-0.25, -0.2) is 4.79 Å². The third kappa shape index (κ3) is 1.66. The highest BCUT2D eigenvalue weighted by Crippen LogP contribution is 2.40. The third-order valence-corrected chi connectivity index (χ3v) is 3.01. The van der Waals surface area contributed by atoms with E-state index in [0.717, 1.165) is 16.9 Å². The molecule has 1 unspecified atom stereocenters. The molecule has 0 fully saturated rings. The predicted octanol–water partition coefficient (Wildman–Crippen LogP) is 2.13. The lowest BCUT2D eigenvalue weighted by Crippen LogP contribution is -2.24. The molecule has 1 aromatic carbocycles. The Bertz CT molecular complexity index is 557. The molecular weight excluding hydrogens is 232 g/mol. The van der Waals surface area contributed by atoms with Crippen LogP contribution in [-0.4, -0.2) is 19.7 Å². The minimum atomic E-state index is -0.464. The van der Waals surface area contributed by atoms with Crippen molar-refractivity contribution in [2.24, 2.45) is 0 Å². The van der Waals surface area contributed by atoms with E-state index in [1.165, 1.54) is 7.11 Å². The second-order valence-electron chi connectivity index (χ2n) is 4.09. The van der Waals surface area contributed by atoms with E-state index in [0.29, 0.717) is 6.61 Å². The molecule has 1 aromatic rings. The van der Waals surface area contributed by atoms with Crippen LogP contribution in [0.15, 0.2) is 47.7 Å². The zero-order chi connectivity index (χ0) is 12.5. The predicted molar refractivity (Wildman–Crippen MR) is 63.9 cm³/mol. The van der Waals surface area contributed by atoms with Gasteiger partial charge in [0, 0.05) is 11.1 Å². The number of para-hydroxylation sites is 1. The highest BCUT2D eigenvalue weighted by Gasteiger charge is 2.31. The summed E-state index contributed by atoms with van der Waals surface area (Å²) in [7, 11) is 1.34. The van der Waals surface area contributed by atoms with Crippen LogP contribution in [0.1, 0.15) is 11.7 Å². The van der Waals surface area contributed by atoms with Crippen LogP contribution >= 0.6 is 0 Å². The van der Waals surface area contributed by atoms with E-state index in [1.807, 2.05) is 30.3 Å². The van der Waals surface area contributed by atoms with E-state index in [4.69, 9.17) is 9.47 Å². The molecule has 4 heteroatoms. The molecule has 18 heavy (non-hydrogen) atoms. The summed E-state index contributed by atoms with van der Waals surface area (Å²) >= 11 is 0. The van der Waals surface area contributed by atoms with E-state index in [-0.39, 0.29) is 11.9 Å². The molecule has 0 spiro atoms. The Morgan fingerprint density at radius 1 is 1.33 bits per heavy atom. The number of carbonyl (C=O) groups excluding carboxylic acids is 1. The Hall–Kier alpha value is -2.23. The molecule has 92 valence electrons. The molecule has 0 amide bonds. The van der Waals surface area contributed by atoms with Crippen LogP contribution in [0.4, 0.5) is 0 Å². The molecular formula is C14H12O4. The van der Waals surface area contributed by atoms with Gasteiger partial charge < -0.3 is 14.2 Å². The van der Waals surface area contributed by atoms with Gasteiger partial charge in [-0.15, -0.1) is 0 Å². The van der Waals surface area contributed by atoms with Crippen molar-refractivity contribution in [3.8, 4) is 5.75 Å². The first-order valence-electron chi connectivity index (χ1n) is 5.67. The van der Waals surface area contributed by atoms with Crippen molar-refractivity contribution >= 4 is 5.97 Å². The molecule has 0 saturated carbocycles. The van der Waals surface area contributed by atoms with Crippen LogP contribution in [0.5, 0.6) is 5.75 Å². The van der Waals surface area contributed by atoms with Gasteiger partial charge in [-0.1, -0.05) is 24.3 Å². The Morgan fingerprint density at radius 3 is 3.00 bits per heavy atom. The van der Waals surface area contributed by atoms with Gasteiger partial charge in [-0.3, -0.25) is 0 Å². The monoisotopic (exact) mass is 244 g/mol. The molecule has 0 aromatic heterocycles. The topological polar surface area (TPSA) is 44.8 Å². The molecule has 2 heterocycles. The smallest absolute Gasteiger partial charge is 0.373 e. The van der Waals surface area contributed by atoms with Crippen LogP contribution in [0, 0.1) is 0 Å². The second kappa shape index (κ2) is 4.22. The molecule has 2 aliphatic rings. The standard InChI is InChI=1S/C14H12O4/c1-16-14(15)12-7-6-9-8-17-11-5-3-2-4-10(11)13(9)18-12/h2-7,13H,8H2,1H3. The quantitative estimate of drug-likeness (QED) is 0.710. The summed E-state index contributed by atoms with van der Waals surface area (Å²) in [6, 6.07) is 7.66. The molecule has 0 bridgehead atoms. The Balaban J connectivity index is 1.98. The Labute approximate surface area is 104 Å². The SMILES string of the molecule is COC(=O)C1=CC=C2COc3ccccc3C2O1. The maximum Gasteiger partial charge on any atom is 0.373 e. The van der Waals surface area contributed by atoms with Gasteiger partial charge in [-0.05, 0) is 12.1 Å². The lowest BCUT2D eigenvalue weighted by Gasteiger charge is -2.31. The number of esters is 1. The fraction of sp³-hybridized carbons (Fsp3) is 0.214. The Kier molecular flexibility index (Phi) is 2.55. The number of carbonyl (C=O) groups is 1. The van der Waals surface area contributed by atoms with Crippen LogP contribution in [0.3, 0.4) is 0 Å². The summed E-state index contributed by atoms with van der Waals surface area (Å²) < 4.78 is 16.0. The maximum atomic E-state index is 11.5. The lowest BCUT2D eigenvalue weighted by atomic mass is 9.96. The minimum Gasteiger partial charge on any atom is -0.489 e. The molecule has 3 rings (SSSR count). The Morgan fingerprint density at radius 2 is 2.17 bits per heavy atom. The van der Waals surface area contributed by atoms with E-state index >= 15 is 0 Å². The molecule has 0 saturated heterocycles. The molecule has 4 nitrogen and oxygen atoms in total. The highest BCUT2D eigenvalue weighted by molar-refractivity contribution is 5.87. The van der Waals surface area contributed by atoms with Crippen molar-refractivity contribution in [3.63, 3.8) is 0 Å². The molecule has 0 aliphatic carbocycles. The summed E-state index contributed by atoms with van der Waals surface area (Å²) in [4.78, 5) is 11.5. The molecule has 0 N–H and O–H groups in total. The first-order valence-corrected chi connectivity index (χ1v) is 5.67. The van der Waals surface area contributed by atoms with Crippen LogP contribution in [-0.2, 0) is 14.3 Å². The number of methoxy groups -OCH3 is 1. The van der Waals surface area contributed by atoms with Crippen molar-refractivity contribution in [1.29, 1.82) is 0 Å². The number of fused-ring (bicyclic) bond motifs is 3. The summed E-state index contributed by atoms with van der Waals surface area (Å²) in [5, 5.41) is 0. The molecule has 1 atom stereocenters. The van der Waals surface area contributed by atoms with Crippen LogP contribution in [0.2, 0.25) is 0 Å². The van der Waals surface area contributed by atoms with Gasteiger partial charge in [0.25, 0.3) is 0 Å². The van der Waals surface area contributed by atoms with Crippen molar-refractivity contribution in [1.82, 2.24) is 0 Å². The summed E-state index contributed by atoms with van der Waals surface area (Å²) in [5.74, 6) is 0.558. The highest BCUT2D eigenvalue weighted by atomic mass is 16.6.